The summed E-state index contributed by atoms with van der Waals surface area (Å²) in [6.07, 6.45) is 3.35. The number of pyridine rings is 1. The van der Waals surface area contributed by atoms with Gasteiger partial charge in [-0.05, 0) is 73.3 Å². The number of para-hydroxylation sites is 1. The Kier molecular flexibility index (Phi) is 6.32. The van der Waals surface area contributed by atoms with E-state index >= 15 is 0 Å². The number of aromatic nitrogens is 1. The molecule has 10 rings (SSSR count). The Balaban J connectivity index is 1.08. The van der Waals surface area contributed by atoms with Gasteiger partial charge in [-0.25, -0.2) is 4.99 Å². The fourth-order valence-electron chi connectivity index (χ4n) is 7.36. The maximum absolute atomic E-state index is 6.18. The summed E-state index contributed by atoms with van der Waals surface area (Å²) in [6.45, 7) is 0. The maximum Gasteiger partial charge on any atom is 0.154 e. The standard InChI is InChI=1S/C44H30N4O/c1-3-10-29-22-32(18-16-27(29)8-1)42-46-43(33-19-17-28-9-2-4-11-30(28)23-33)48-44(47-42)34-20-21-35-31(24-34)12-7-14-36(35)38-25-45-26-40-41(38)37-13-5-6-15-39(37)49-40/h1-26,42,44,47H,(H,46,48). The number of amidine groups is 1. The van der Waals surface area contributed by atoms with Gasteiger partial charge in [0.15, 0.2) is 5.58 Å². The summed E-state index contributed by atoms with van der Waals surface area (Å²) in [4.78, 5) is 9.82. The zero-order chi connectivity index (χ0) is 32.3. The molecule has 0 radical (unpaired) electrons. The van der Waals surface area contributed by atoms with Crippen LogP contribution in [0.4, 0.5) is 0 Å². The molecule has 2 unspecified atom stereocenters. The molecular formula is C44H30N4O. The van der Waals surface area contributed by atoms with Crippen molar-refractivity contribution in [1.29, 1.82) is 0 Å². The average molecular weight is 631 g/mol. The van der Waals surface area contributed by atoms with Crippen molar-refractivity contribution in [2.24, 2.45) is 4.99 Å². The third-order valence-corrected chi connectivity index (χ3v) is 9.79. The van der Waals surface area contributed by atoms with Crippen molar-refractivity contribution in [2.45, 2.75) is 12.3 Å². The fourth-order valence-corrected chi connectivity index (χ4v) is 7.36. The molecule has 0 bridgehead atoms. The number of furan rings is 1. The lowest BCUT2D eigenvalue weighted by atomic mass is 9.94. The molecule has 1 aliphatic rings. The van der Waals surface area contributed by atoms with Crippen LogP contribution in [0.1, 0.15) is 29.0 Å². The molecule has 0 fully saturated rings. The maximum atomic E-state index is 6.18. The summed E-state index contributed by atoms with van der Waals surface area (Å²) in [7, 11) is 0. The third-order valence-electron chi connectivity index (χ3n) is 9.79. The molecular weight excluding hydrogens is 601 g/mol. The van der Waals surface area contributed by atoms with Crippen molar-refractivity contribution < 1.29 is 4.42 Å². The van der Waals surface area contributed by atoms with Crippen LogP contribution in [0.15, 0.2) is 167 Å². The summed E-state index contributed by atoms with van der Waals surface area (Å²) in [5.74, 6) is 0.867. The largest absolute Gasteiger partial charge is 0.454 e. The molecule has 0 saturated carbocycles. The molecule has 2 atom stereocenters. The topological polar surface area (TPSA) is 62.5 Å². The van der Waals surface area contributed by atoms with Crippen molar-refractivity contribution >= 4 is 60.1 Å². The summed E-state index contributed by atoms with van der Waals surface area (Å²) in [6, 6.07) is 51.5. The van der Waals surface area contributed by atoms with Crippen molar-refractivity contribution in [3.63, 3.8) is 0 Å². The van der Waals surface area contributed by atoms with Crippen LogP contribution in [0.2, 0.25) is 0 Å². The highest BCUT2D eigenvalue weighted by Crippen LogP contribution is 2.39. The van der Waals surface area contributed by atoms with Crippen LogP contribution in [0.5, 0.6) is 0 Å². The van der Waals surface area contributed by atoms with Crippen molar-refractivity contribution in [3.05, 3.63) is 175 Å². The fraction of sp³-hybridized carbons (Fsp3) is 0.0455. The Bertz CT molecular complexity index is 2760. The van der Waals surface area contributed by atoms with E-state index in [1.165, 1.54) is 21.5 Å². The van der Waals surface area contributed by atoms with Gasteiger partial charge in [-0.2, -0.15) is 0 Å². The van der Waals surface area contributed by atoms with Crippen LogP contribution >= 0.6 is 0 Å². The molecule has 1 aliphatic heterocycles. The Labute approximate surface area is 282 Å². The van der Waals surface area contributed by atoms with Crippen molar-refractivity contribution in [2.75, 3.05) is 0 Å². The summed E-state index contributed by atoms with van der Waals surface area (Å²) in [5.41, 5.74) is 7.18. The molecule has 232 valence electrons. The van der Waals surface area contributed by atoms with Crippen molar-refractivity contribution in [1.82, 2.24) is 15.6 Å². The minimum Gasteiger partial charge on any atom is -0.454 e. The van der Waals surface area contributed by atoms with Crippen LogP contribution < -0.4 is 10.6 Å². The predicted octanol–water partition coefficient (Wildman–Crippen LogP) is 10.4. The number of nitrogens with one attached hydrogen (secondary N) is 2. The van der Waals surface area contributed by atoms with Gasteiger partial charge < -0.3 is 9.73 Å². The quantitative estimate of drug-likeness (QED) is 0.203. The van der Waals surface area contributed by atoms with Gasteiger partial charge in [0.2, 0.25) is 0 Å². The average Bonchev–Trinajstić information content (AvgIpc) is 3.56. The monoisotopic (exact) mass is 630 g/mol. The lowest BCUT2D eigenvalue weighted by Crippen LogP contribution is -2.44. The first-order chi connectivity index (χ1) is 24.2. The van der Waals surface area contributed by atoms with Crippen LogP contribution in [-0.2, 0) is 0 Å². The molecule has 9 aromatic rings. The molecule has 3 heterocycles. The van der Waals surface area contributed by atoms with Crippen LogP contribution in [-0.4, -0.2) is 10.8 Å². The Morgan fingerprint density at radius 1 is 0.510 bits per heavy atom. The van der Waals surface area contributed by atoms with E-state index in [0.29, 0.717) is 0 Å². The first-order valence-corrected chi connectivity index (χ1v) is 16.6. The highest BCUT2D eigenvalue weighted by Gasteiger charge is 2.26. The SMILES string of the molecule is c1ccc2cc(C3=NC(c4ccc5ccccc5c4)NC(c4ccc5c(-c6cncc7oc8ccccc8c67)cccc5c4)N3)ccc2c1. The first kappa shape index (κ1) is 27.8. The van der Waals surface area contributed by atoms with E-state index in [9.17, 15) is 0 Å². The molecule has 7 aromatic carbocycles. The summed E-state index contributed by atoms with van der Waals surface area (Å²) >= 11 is 0. The number of hydrogen-bond donors (Lipinski definition) is 2. The third kappa shape index (κ3) is 4.74. The van der Waals surface area contributed by atoms with E-state index in [1.807, 2.05) is 24.5 Å². The van der Waals surface area contributed by atoms with Crippen LogP contribution in [0.3, 0.4) is 0 Å². The van der Waals surface area contributed by atoms with E-state index in [-0.39, 0.29) is 12.3 Å². The Hall–Kier alpha value is -6.30. The lowest BCUT2D eigenvalue weighted by Gasteiger charge is -2.32. The zero-order valence-electron chi connectivity index (χ0n) is 26.5. The number of aliphatic imine (C=N–C) groups is 1. The van der Waals surface area contributed by atoms with Gasteiger partial charge in [-0.1, -0.05) is 121 Å². The normalized spacial score (nSPS) is 16.4. The lowest BCUT2D eigenvalue weighted by molar-refractivity contribution is 0.409. The highest BCUT2D eigenvalue weighted by molar-refractivity contribution is 6.15. The Morgan fingerprint density at radius 2 is 1.22 bits per heavy atom. The minimum absolute atomic E-state index is 0.175. The second kappa shape index (κ2) is 11.2. The van der Waals surface area contributed by atoms with E-state index in [4.69, 9.17) is 9.41 Å². The van der Waals surface area contributed by atoms with Gasteiger partial charge in [0, 0.05) is 28.1 Å². The van der Waals surface area contributed by atoms with Crippen LogP contribution in [0.25, 0.3) is 65.4 Å². The van der Waals surface area contributed by atoms with Gasteiger partial charge in [0.05, 0.1) is 6.20 Å². The number of rotatable bonds is 4. The molecule has 2 aromatic heterocycles. The summed E-state index contributed by atoms with van der Waals surface area (Å²) in [5, 5.41) is 16.9. The van der Waals surface area contributed by atoms with Gasteiger partial charge in [0.25, 0.3) is 0 Å². The first-order valence-electron chi connectivity index (χ1n) is 16.6. The van der Waals surface area contributed by atoms with E-state index in [2.05, 4.69) is 149 Å². The molecule has 0 saturated heterocycles. The second-order valence-corrected chi connectivity index (χ2v) is 12.7. The molecule has 0 amide bonds. The Morgan fingerprint density at radius 3 is 2.10 bits per heavy atom. The highest BCUT2D eigenvalue weighted by atomic mass is 16.3. The molecule has 49 heavy (non-hydrogen) atoms. The van der Waals surface area contributed by atoms with Crippen LogP contribution in [0, 0.1) is 0 Å². The smallest absolute Gasteiger partial charge is 0.154 e. The molecule has 0 aliphatic carbocycles. The molecule has 5 heteroatoms. The van der Waals surface area contributed by atoms with Gasteiger partial charge in [0.1, 0.15) is 23.8 Å². The zero-order valence-corrected chi connectivity index (χ0v) is 26.5. The summed E-state index contributed by atoms with van der Waals surface area (Å²) < 4.78 is 6.18. The number of fused-ring (bicyclic) bond motifs is 6. The number of nitrogens with zero attached hydrogens (tertiary/aromatic N) is 2. The van der Waals surface area contributed by atoms with Crippen molar-refractivity contribution in [3.8, 4) is 11.1 Å². The van der Waals surface area contributed by atoms with Gasteiger partial charge >= 0.3 is 0 Å². The molecule has 2 N–H and O–H groups in total. The number of benzene rings is 7. The molecule has 5 nitrogen and oxygen atoms in total. The predicted molar refractivity (Wildman–Crippen MR) is 201 cm³/mol. The minimum atomic E-state index is -0.239. The number of hydrogen-bond acceptors (Lipinski definition) is 5. The van der Waals surface area contributed by atoms with Gasteiger partial charge in [-0.15, -0.1) is 0 Å². The van der Waals surface area contributed by atoms with E-state index < -0.39 is 0 Å². The second-order valence-electron chi connectivity index (χ2n) is 12.7. The van der Waals surface area contributed by atoms with E-state index in [1.54, 1.807) is 0 Å². The molecule has 0 spiro atoms. The van der Waals surface area contributed by atoms with E-state index in [0.717, 1.165) is 66.4 Å². The van der Waals surface area contributed by atoms with Gasteiger partial charge in [-0.3, -0.25) is 10.3 Å².